The van der Waals surface area contributed by atoms with Crippen LogP contribution in [0.1, 0.15) is 44.1 Å². The first-order valence-electron chi connectivity index (χ1n) is 8.26. The molecule has 1 amide bonds. The second-order valence-corrected chi connectivity index (χ2v) is 6.20. The van der Waals surface area contributed by atoms with Gasteiger partial charge in [-0.1, -0.05) is 25.0 Å². The average molecular weight is 304 g/mol. The second kappa shape index (κ2) is 8.18. The number of rotatable bonds is 8. The van der Waals surface area contributed by atoms with Gasteiger partial charge in [-0.25, -0.2) is 0 Å². The van der Waals surface area contributed by atoms with Gasteiger partial charge < -0.3 is 15.4 Å². The number of amides is 1. The zero-order chi connectivity index (χ0) is 15.8. The van der Waals surface area contributed by atoms with Crippen LogP contribution < -0.4 is 15.4 Å². The predicted molar refractivity (Wildman–Crippen MR) is 89.3 cm³/mol. The lowest BCUT2D eigenvalue weighted by atomic mass is 9.78. The smallest absolute Gasteiger partial charge is 0.220 e. The van der Waals surface area contributed by atoms with Gasteiger partial charge in [0.1, 0.15) is 5.75 Å². The van der Waals surface area contributed by atoms with Crippen molar-refractivity contribution in [1.29, 1.82) is 0 Å². The fraction of sp³-hybridized carbons (Fsp3) is 0.611. The molecule has 0 atom stereocenters. The summed E-state index contributed by atoms with van der Waals surface area (Å²) in [5.74, 6) is 1.05. The monoisotopic (exact) mass is 304 g/mol. The van der Waals surface area contributed by atoms with E-state index >= 15 is 0 Å². The van der Waals surface area contributed by atoms with Crippen molar-refractivity contribution >= 4 is 5.91 Å². The molecule has 2 rings (SSSR count). The van der Waals surface area contributed by atoms with E-state index in [9.17, 15) is 4.79 Å². The predicted octanol–water partition coefficient (Wildman–Crippen LogP) is 2.62. The number of hydrogen-bond donors (Lipinski definition) is 2. The van der Waals surface area contributed by atoms with Crippen LogP contribution in [-0.4, -0.2) is 33.2 Å². The number of carbonyl (C=O) groups is 1. The highest BCUT2D eigenvalue weighted by Gasteiger charge is 2.36. The van der Waals surface area contributed by atoms with Crippen molar-refractivity contribution in [3.05, 3.63) is 29.8 Å². The Bertz CT molecular complexity index is 482. The largest absolute Gasteiger partial charge is 0.497 e. The maximum atomic E-state index is 12.0. The summed E-state index contributed by atoms with van der Waals surface area (Å²) < 4.78 is 5.36. The highest BCUT2D eigenvalue weighted by atomic mass is 16.5. The minimum absolute atomic E-state index is 0.0766. The molecule has 0 aliphatic heterocycles. The number of carbonyl (C=O) groups excluding carboxylic acids is 1. The van der Waals surface area contributed by atoms with E-state index in [0.29, 0.717) is 6.42 Å². The maximum absolute atomic E-state index is 12.0. The lowest BCUT2D eigenvalue weighted by Gasteiger charge is -2.30. The van der Waals surface area contributed by atoms with Gasteiger partial charge in [0, 0.05) is 18.4 Å². The van der Waals surface area contributed by atoms with Crippen LogP contribution in [0.4, 0.5) is 0 Å². The SMILES string of the molecule is CNCCCC(=O)NCC1(c2cccc(OC)c2)CCCC1. The standard InChI is InChI=1S/C18H28N2O2/c1-19-12-6-9-17(21)20-14-18(10-3-4-11-18)15-7-5-8-16(13-15)22-2/h5,7-8,13,19H,3-4,6,9-12,14H2,1-2H3,(H,20,21). The molecule has 1 fully saturated rings. The van der Waals surface area contributed by atoms with Gasteiger partial charge in [0.25, 0.3) is 0 Å². The minimum Gasteiger partial charge on any atom is -0.497 e. The third-order valence-electron chi connectivity index (χ3n) is 4.70. The Balaban J connectivity index is 2.00. The Kier molecular flexibility index (Phi) is 6.25. The van der Waals surface area contributed by atoms with Crippen LogP contribution >= 0.6 is 0 Å². The molecule has 0 aromatic heterocycles. The minimum atomic E-state index is 0.0766. The van der Waals surface area contributed by atoms with Crippen LogP contribution in [0.25, 0.3) is 0 Å². The molecule has 0 unspecified atom stereocenters. The quantitative estimate of drug-likeness (QED) is 0.726. The van der Waals surface area contributed by atoms with Crippen molar-refractivity contribution in [3.8, 4) is 5.75 Å². The van der Waals surface area contributed by atoms with E-state index in [-0.39, 0.29) is 11.3 Å². The van der Waals surface area contributed by atoms with Crippen molar-refractivity contribution in [2.45, 2.75) is 43.9 Å². The Morgan fingerprint density at radius 2 is 2.09 bits per heavy atom. The van der Waals surface area contributed by atoms with Crippen molar-refractivity contribution in [3.63, 3.8) is 0 Å². The second-order valence-electron chi connectivity index (χ2n) is 6.20. The van der Waals surface area contributed by atoms with Gasteiger partial charge in [-0.2, -0.15) is 0 Å². The Morgan fingerprint density at radius 1 is 1.32 bits per heavy atom. The fourth-order valence-electron chi connectivity index (χ4n) is 3.35. The molecule has 0 spiro atoms. The number of nitrogens with one attached hydrogen (secondary N) is 2. The molecule has 4 heteroatoms. The zero-order valence-electron chi connectivity index (χ0n) is 13.8. The summed E-state index contributed by atoms with van der Waals surface area (Å²) in [5, 5.41) is 6.23. The first kappa shape index (κ1) is 16.8. The maximum Gasteiger partial charge on any atom is 0.220 e. The summed E-state index contributed by atoms with van der Waals surface area (Å²) >= 11 is 0. The molecule has 122 valence electrons. The third-order valence-corrected chi connectivity index (χ3v) is 4.70. The third kappa shape index (κ3) is 4.23. The highest BCUT2D eigenvalue weighted by molar-refractivity contribution is 5.76. The molecule has 1 aromatic rings. The van der Waals surface area contributed by atoms with E-state index in [1.54, 1.807) is 7.11 Å². The number of methoxy groups -OCH3 is 1. The molecule has 4 nitrogen and oxygen atoms in total. The molecule has 1 aliphatic carbocycles. The molecule has 22 heavy (non-hydrogen) atoms. The lowest BCUT2D eigenvalue weighted by molar-refractivity contribution is -0.121. The van der Waals surface area contributed by atoms with Gasteiger partial charge >= 0.3 is 0 Å². The van der Waals surface area contributed by atoms with Crippen molar-refractivity contribution in [2.75, 3.05) is 27.2 Å². The summed E-state index contributed by atoms with van der Waals surface area (Å²) in [6.45, 7) is 1.62. The highest BCUT2D eigenvalue weighted by Crippen LogP contribution is 2.41. The van der Waals surface area contributed by atoms with Gasteiger partial charge in [-0.05, 0) is 50.6 Å². The van der Waals surface area contributed by atoms with Crippen molar-refractivity contribution in [2.24, 2.45) is 0 Å². The van der Waals surface area contributed by atoms with Gasteiger partial charge in [0.2, 0.25) is 5.91 Å². The summed E-state index contributed by atoms with van der Waals surface area (Å²) in [6.07, 6.45) is 6.21. The Morgan fingerprint density at radius 3 is 2.77 bits per heavy atom. The van der Waals surface area contributed by atoms with Crippen LogP contribution in [-0.2, 0) is 10.2 Å². The van der Waals surface area contributed by atoms with Crippen LogP contribution in [0.5, 0.6) is 5.75 Å². The lowest BCUT2D eigenvalue weighted by Crippen LogP contribution is -2.39. The van der Waals surface area contributed by atoms with E-state index < -0.39 is 0 Å². The van der Waals surface area contributed by atoms with Crippen LogP contribution in [0.3, 0.4) is 0 Å². The molecule has 1 aromatic carbocycles. The normalized spacial score (nSPS) is 16.5. The summed E-state index contributed by atoms with van der Waals surface area (Å²) in [6, 6.07) is 8.31. The van der Waals surface area contributed by atoms with E-state index in [0.717, 1.165) is 38.1 Å². The molecular formula is C18H28N2O2. The molecular weight excluding hydrogens is 276 g/mol. The van der Waals surface area contributed by atoms with Gasteiger partial charge in [-0.3, -0.25) is 4.79 Å². The fourth-order valence-corrected chi connectivity index (χ4v) is 3.35. The first-order valence-corrected chi connectivity index (χ1v) is 8.26. The van der Waals surface area contributed by atoms with E-state index in [4.69, 9.17) is 4.74 Å². The van der Waals surface area contributed by atoms with Crippen LogP contribution in [0.2, 0.25) is 0 Å². The number of ether oxygens (including phenoxy) is 1. The Labute approximate surface area is 133 Å². The number of hydrogen-bond acceptors (Lipinski definition) is 3. The molecule has 0 heterocycles. The summed E-state index contributed by atoms with van der Waals surface area (Å²) in [4.78, 5) is 12.0. The summed E-state index contributed by atoms with van der Waals surface area (Å²) in [5.41, 5.74) is 1.37. The molecule has 0 saturated heterocycles. The molecule has 1 saturated carbocycles. The van der Waals surface area contributed by atoms with Crippen molar-refractivity contribution < 1.29 is 9.53 Å². The van der Waals surface area contributed by atoms with Gasteiger partial charge in [0.05, 0.1) is 7.11 Å². The molecule has 2 N–H and O–H groups in total. The van der Waals surface area contributed by atoms with E-state index in [1.165, 1.54) is 18.4 Å². The average Bonchev–Trinajstić information content (AvgIpc) is 3.03. The van der Waals surface area contributed by atoms with Crippen LogP contribution in [0, 0.1) is 0 Å². The Hall–Kier alpha value is -1.55. The number of benzene rings is 1. The molecule has 1 aliphatic rings. The van der Waals surface area contributed by atoms with Crippen LogP contribution in [0.15, 0.2) is 24.3 Å². The molecule has 0 radical (unpaired) electrons. The van der Waals surface area contributed by atoms with E-state index in [1.807, 2.05) is 19.2 Å². The zero-order valence-corrected chi connectivity index (χ0v) is 13.8. The van der Waals surface area contributed by atoms with Gasteiger partial charge in [-0.15, -0.1) is 0 Å². The van der Waals surface area contributed by atoms with E-state index in [2.05, 4.69) is 22.8 Å². The van der Waals surface area contributed by atoms with Crippen molar-refractivity contribution in [1.82, 2.24) is 10.6 Å². The topological polar surface area (TPSA) is 50.4 Å². The first-order chi connectivity index (χ1) is 10.7. The molecule has 0 bridgehead atoms. The summed E-state index contributed by atoms with van der Waals surface area (Å²) in [7, 11) is 3.61. The van der Waals surface area contributed by atoms with Gasteiger partial charge in [0.15, 0.2) is 0 Å².